The molecule has 7 nitrogen and oxygen atoms in total. The number of hydrogen-bond donors (Lipinski definition) is 3. The van der Waals surface area contributed by atoms with Gasteiger partial charge in [0.25, 0.3) is 0 Å². The lowest BCUT2D eigenvalue weighted by atomic mass is 9.89. The number of nitrogens with zero attached hydrogens (tertiary/aromatic N) is 2. The van der Waals surface area contributed by atoms with Gasteiger partial charge in [-0.15, -0.1) is 0 Å². The summed E-state index contributed by atoms with van der Waals surface area (Å²) in [5.41, 5.74) is 12.7. The maximum absolute atomic E-state index is 12.9. The molecule has 5 N–H and O–H groups in total. The van der Waals surface area contributed by atoms with Crippen LogP contribution >= 0.6 is 0 Å². The van der Waals surface area contributed by atoms with Crippen molar-refractivity contribution < 1.29 is 21.6 Å². The van der Waals surface area contributed by atoms with Gasteiger partial charge in [-0.3, -0.25) is 5.73 Å². The van der Waals surface area contributed by atoms with Crippen LogP contribution in [0.2, 0.25) is 0 Å². The zero-order valence-electron chi connectivity index (χ0n) is 14.3. The molecule has 0 spiro atoms. The summed E-state index contributed by atoms with van der Waals surface area (Å²) in [6.07, 6.45) is -1.34. The largest absolute Gasteiger partial charge is 0.421 e. The fraction of sp³-hybridized carbons (Fsp3) is 0.438. The second kappa shape index (κ2) is 5.46. The molecule has 27 heavy (non-hydrogen) atoms. The lowest BCUT2D eigenvalue weighted by Crippen LogP contribution is -2.51. The van der Waals surface area contributed by atoms with Gasteiger partial charge >= 0.3 is 6.18 Å². The summed E-state index contributed by atoms with van der Waals surface area (Å²) < 4.78 is 64.5. The predicted octanol–water partition coefficient (Wildman–Crippen LogP) is 1.31. The fourth-order valence-electron chi connectivity index (χ4n) is 4.15. The highest BCUT2D eigenvalue weighted by Gasteiger charge is 2.49. The van der Waals surface area contributed by atoms with Crippen molar-refractivity contribution in [1.29, 1.82) is 0 Å². The number of hydrogen-bond acceptors (Lipinski definition) is 6. The number of rotatable bonds is 2. The van der Waals surface area contributed by atoms with Gasteiger partial charge in [-0.05, 0) is 30.0 Å². The number of fused-ring (bicyclic) bond motifs is 5. The summed E-state index contributed by atoms with van der Waals surface area (Å²) in [6.45, 7) is 0. The van der Waals surface area contributed by atoms with Crippen LogP contribution in [0, 0.1) is 0 Å². The quantitative estimate of drug-likeness (QED) is 0.692. The van der Waals surface area contributed by atoms with Crippen LogP contribution in [0.5, 0.6) is 0 Å². The van der Waals surface area contributed by atoms with Gasteiger partial charge in [0.1, 0.15) is 11.4 Å². The minimum Gasteiger partial charge on any atom is -0.383 e. The molecule has 1 fully saturated rings. The number of sulfonamides is 1. The van der Waals surface area contributed by atoms with Gasteiger partial charge in [-0.2, -0.15) is 17.5 Å². The lowest BCUT2D eigenvalue weighted by molar-refractivity contribution is -0.0870. The Morgan fingerprint density at radius 3 is 2.44 bits per heavy atom. The van der Waals surface area contributed by atoms with Crippen molar-refractivity contribution in [3.05, 3.63) is 46.7 Å². The average Bonchev–Trinajstić information content (AvgIpc) is 3.10. The van der Waals surface area contributed by atoms with Crippen molar-refractivity contribution in [2.24, 2.45) is 16.5 Å². The SMILES string of the molecule is CS(=O)(=O)N1C2CCC1c1cc(C3(N)N=C(N)C(C(F)(F)F)=CN3)ccc12. The number of aliphatic imine (C=N–C) groups is 1. The Labute approximate surface area is 154 Å². The molecular weight excluding hydrogens is 383 g/mol. The summed E-state index contributed by atoms with van der Waals surface area (Å²) in [7, 11) is -3.39. The van der Waals surface area contributed by atoms with E-state index in [4.69, 9.17) is 11.5 Å². The van der Waals surface area contributed by atoms with Gasteiger partial charge in [0.05, 0.1) is 18.3 Å². The number of halogens is 3. The monoisotopic (exact) mass is 401 g/mol. The number of amidine groups is 1. The Bertz CT molecular complexity index is 988. The molecule has 3 unspecified atom stereocenters. The Morgan fingerprint density at radius 1 is 1.26 bits per heavy atom. The normalized spacial score (nSPS) is 30.6. The molecule has 0 aliphatic carbocycles. The minimum absolute atomic E-state index is 0.215. The molecule has 4 rings (SSSR count). The molecule has 3 atom stereocenters. The van der Waals surface area contributed by atoms with Crippen LogP contribution in [0.15, 0.2) is 35.0 Å². The van der Waals surface area contributed by atoms with Crippen molar-refractivity contribution in [1.82, 2.24) is 9.62 Å². The van der Waals surface area contributed by atoms with Crippen molar-refractivity contribution in [3.63, 3.8) is 0 Å². The number of nitrogens with one attached hydrogen (secondary N) is 1. The van der Waals surface area contributed by atoms with Crippen molar-refractivity contribution >= 4 is 15.9 Å². The Kier molecular flexibility index (Phi) is 3.69. The first kappa shape index (κ1) is 18.3. The summed E-state index contributed by atoms with van der Waals surface area (Å²) >= 11 is 0. The van der Waals surface area contributed by atoms with Gasteiger partial charge in [0.2, 0.25) is 15.8 Å². The fourth-order valence-corrected chi connectivity index (χ4v) is 5.51. The van der Waals surface area contributed by atoms with Crippen LogP contribution in [0.25, 0.3) is 0 Å². The molecule has 3 aliphatic heterocycles. The Morgan fingerprint density at radius 2 is 1.89 bits per heavy atom. The van der Waals surface area contributed by atoms with Crippen molar-refractivity contribution in [2.75, 3.05) is 6.26 Å². The third-order valence-electron chi connectivity index (χ3n) is 5.27. The van der Waals surface area contributed by atoms with E-state index in [-0.39, 0.29) is 12.1 Å². The van der Waals surface area contributed by atoms with E-state index < -0.39 is 33.4 Å². The standard InChI is InChI=1S/C16H18F3N5O2S/c1-27(25,26)24-12-4-5-13(24)10-6-8(2-3-9(10)12)16(21)22-7-11(14(20)23-16)15(17,18)19/h2-3,6-7,12-13,22H,4-5,21H2,1H3,(H2,20,23). The van der Waals surface area contributed by atoms with Crippen LogP contribution in [-0.4, -0.2) is 31.0 Å². The number of nitrogens with two attached hydrogens (primary N) is 2. The molecule has 0 aromatic heterocycles. The number of benzene rings is 1. The van der Waals surface area contributed by atoms with E-state index in [0.717, 1.165) is 17.5 Å². The highest BCUT2D eigenvalue weighted by atomic mass is 32.2. The van der Waals surface area contributed by atoms with Gasteiger partial charge in [0, 0.05) is 11.8 Å². The molecule has 1 saturated heterocycles. The first-order chi connectivity index (χ1) is 12.4. The van der Waals surface area contributed by atoms with Crippen LogP contribution in [0.1, 0.15) is 41.6 Å². The van der Waals surface area contributed by atoms with Gasteiger partial charge in [-0.25, -0.2) is 13.4 Å². The smallest absolute Gasteiger partial charge is 0.383 e. The average molecular weight is 401 g/mol. The second-order valence-electron chi connectivity index (χ2n) is 7.01. The van der Waals surface area contributed by atoms with Gasteiger partial charge < -0.3 is 11.1 Å². The van der Waals surface area contributed by atoms with E-state index in [2.05, 4.69) is 10.3 Å². The molecular formula is C16H18F3N5O2S. The zero-order valence-corrected chi connectivity index (χ0v) is 15.1. The molecule has 2 bridgehead atoms. The predicted molar refractivity (Wildman–Crippen MR) is 92.6 cm³/mol. The van der Waals surface area contributed by atoms with E-state index in [1.165, 1.54) is 10.6 Å². The first-order valence-electron chi connectivity index (χ1n) is 8.24. The van der Waals surface area contributed by atoms with Crippen LogP contribution in [0.4, 0.5) is 13.2 Å². The topological polar surface area (TPSA) is 114 Å². The first-order valence-corrected chi connectivity index (χ1v) is 10.1. The minimum atomic E-state index is -4.64. The zero-order chi connectivity index (χ0) is 19.8. The molecule has 1 aromatic rings. The Balaban J connectivity index is 1.72. The lowest BCUT2D eigenvalue weighted by Gasteiger charge is -2.32. The van der Waals surface area contributed by atoms with E-state index in [1.807, 2.05) is 0 Å². The molecule has 0 amide bonds. The van der Waals surface area contributed by atoms with Crippen LogP contribution in [0.3, 0.4) is 0 Å². The van der Waals surface area contributed by atoms with E-state index in [0.29, 0.717) is 18.2 Å². The van der Waals surface area contributed by atoms with Gasteiger partial charge in [-0.1, -0.05) is 12.1 Å². The summed E-state index contributed by atoms with van der Waals surface area (Å²) in [6, 6.07) is 4.59. The highest BCUT2D eigenvalue weighted by molar-refractivity contribution is 7.88. The third-order valence-corrected chi connectivity index (χ3v) is 6.55. The second-order valence-corrected chi connectivity index (χ2v) is 8.90. The molecule has 0 saturated carbocycles. The third kappa shape index (κ3) is 2.72. The number of alkyl halides is 3. The Hall–Kier alpha value is -2.11. The summed E-state index contributed by atoms with van der Waals surface area (Å²) in [5.74, 6) is -2.37. The highest BCUT2D eigenvalue weighted by Crippen LogP contribution is 2.54. The van der Waals surface area contributed by atoms with Gasteiger partial charge in [0.15, 0.2) is 0 Å². The molecule has 11 heteroatoms. The molecule has 3 heterocycles. The van der Waals surface area contributed by atoms with Crippen molar-refractivity contribution in [3.8, 4) is 0 Å². The summed E-state index contributed by atoms with van der Waals surface area (Å²) in [5, 5.41) is 2.47. The van der Waals surface area contributed by atoms with Crippen LogP contribution < -0.4 is 16.8 Å². The van der Waals surface area contributed by atoms with E-state index in [1.54, 1.807) is 18.2 Å². The molecule has 146 valence electrons. The van der Waals surface area contributed by atoms with E-state index >= 15 is 0 Å². The van der Waals surface area contributed by atoms with Crippen molar-refractivity contribution in [2.45, 2.75) is 36.9 Å². The molecule has 1 aromatic carbocycles. The van der Waals surface area contributed by atoms with Crippen LogP contribution in [-0.2, 0) is 15.8 Å². The summed E-state index contributed by atoms with van der Waals surface area (Å²) in [4.78, 5) is 3.83. The van der Waals surface area contributed by atoms with E-state index in [9.17, 15) is 21.6 Å². The maximum atomic E-state index is 12.9. The maximum Gasteiger partial charge on any atom is 0.421 e. The molecule has 3 aliphatic rings. The molecule has 0 radical (unpaired) electrons.